The molecule has 0 saturated heterocycles. The molecule has 1 aromatic rings. The van der Waals surface area contributed by atoms with Crippen molar-refractivity contribution in [1.29, 1.82) is 0 Å². The first-order valence-electron chi connectivity index (χ1n) is 7.13. The van der Waals surface area contributed by atoms with Gasteiger partial charge in [-0.3, -0.25) is 9.88 Å². The van der Waals surface area contributed by atoms with Crippen molar-refractivity contribution in [2.75, 3.05) is 19.8 Å². The van der Waals surface area contributed by atoms with Crippen LogP contribution >= 0.6 is 8.46 Å². The van der Waals surface area contributed by atoms with Gasteiger partial charge in [0.2, 0.25) is 0 Å². The number of hydrogen-bond acceptors (Lipinski definition) is 4. The minimum atomic E-state index is -0.872. The molecule has 4 nitrogen and oxygen atoms in total. The third-order valence-electron chi connectivity index (χ3n) is 2.98. The molecular weight excluding hydrogens is 273 g/mol. The van der Waals surface area contributed by atoms with Crippen LogP contribution in [0.3, 0.4) is 0 Å². The quantitative estimate of drug-likeness (QED) is 0.530. The zero-order valence-electron chi connectivity index (χ0n) is 12.5. The van der Waals surface area contributed by atoms with Gasteiger partial charge in [0.05, 0.1) is 0 Å². The SMILES string of the molecule is CCCNC(P=O)(c1ccccc1)C(OCC)OCC. The van der Waals surface area contributed by atoms with Gasteiger partial charge in [0, 0.05) is 13.2 Å². The van der Waals surface area contributed by atoms with Crippen LogP contribution in [-0.4, -0.2) is 26.0 Å². The van der Waals surface area contributed by atoms with E-state index in [4.69, 9.17) is 9.47 Å². The lowest BCUT2D eigenvalue weighted by Crippen LogP contribution is -2.50. The van der Waals surface area contributed by atoms with E-state index in [9.17, 15) is 4.57 Å². The summed E-state index contributed by atoms with van der Waals surface area (Å²) in [5, 5.41) is 2.47. The van der Waals surface area contributed by atoms with Crippen LogP contribution in [0, 0.1) is 0 Å². The van der Waals surface area contributed by atoms with Gasteiger partial charge in [0.25, 0.3) is 0 Å². The maximum Gasteiger partial charge on any atom is 0.190 e. The van der Waals surface area contributed by atoms with E-state index in [1.54, 1.807) is 0 Å². The predicted molar refractivity (Wildman–Crippen MR) is 81.1 cm³/mol. The van der Waals surface area contributed by atoms with E-state index in [-0.39, 0.29) is 8.46 Å². The van der Waals surface area contributed by atoms with Crippen LogP contribution in [0.1, 0.15) is 32.8 Å². The molecule has 0 aromatic heterocycles. The summed E-state index contributed by atoms with van der Waals surface area (Å²) >= 11 is 0. The molecule has 0 aliphatic rings. The molecule has 0 aliphatic heterocycles. The molecule has 0 aliphatic carbocycles. The first-order chi connectivity index (χ1) is 9.75. The van der Waals surface area contributed by atoms with E-state index in [0.717, 1.165) is 18.5 Å². The summed E-state index contributed by atoms with van der Waals surface area (Å²) in [5.41, 5.74) is 0.900. The van der Waals surface area contributed by atoms with E-state index in [2.05, 4.69) is 12.2 Å². The first kappa shape index (κ1) is 17.3. The van der Waals surface area contributed by atoms with Crippen LogP contribution < -0.4 is 5.32 Å². The molecular formula is C15H24NO3P. The third kappa shape index (κ3) is 4.10. The Balaban J connectivity index is 3.18. The van der Waals surface area contributed by atoms with Crippen molar-refractivity contribution in [1.82, 2.24) is 5.32 Å². The molecule has 1 atom stereocenters. The summed E-state index contributed by atoms with van der Waals surface area (Å²) < 4.78 is 23.4. The molecule has 1 unspecified atom stereocenters. The average Bonchev–Trinajstić information content (AvgIpc) is 2.50. The lowest BCUT2D eigenvalue weighted by Gasteiger charge is -2.35. The normalized spacial score (nSPS) is 14.6. The van der Waals surface area contributed by atoms with E-state index in [1.165, 1.54) is 0 Å². The fourth-order valence-electron chi connectivity index (χ4n) is 2.05. The van der Waals surface area contributed by atoms with Gasteiger partial charge in [0.1, 0.15) is 0 Å². The summed E-state index contributed by atoms with van der Waals surface area (Å²) in [6.45, 7) is 7.62. The van der Waals surface area contributed by atoms with Crippen molar-refractivity contribution >= 4 is 8.46 Å². The highest BCUT2D eigenvalue weighted by Gasteiger charge is 2.43. The molecule has 112 valence electrons. The molecule has 5 heteroatoms. The zero-order chi connectivity index (χ0) is 14.8. The lowest BCUT2D eigenvalue weighted by molar-refractivity contribution is -0.165. The molecule has 0 fully saturated rings. The van der Waals surface area contributed by atoms with Crippen molar-refractivity contribution in [3.05, 3.63) is 35.9 Å². The molecule has 1 rings (SSSR count). The third-order valence-corrected chi connectivity index (χ3v) is 3.89. The van der Waals surface area contributed by atoms with E-state index < -0.39 is 11.6 Å². The second-order valence-electron chi connectivity index (χ2n) is 4.39. The fraction of sp³-hybridized carbons (Fsp3) is 0.600. The second-order valence-corrected chi connectivity index (χ2v) is 5.28. The molecule has 1 N–H and O–H groups in total. The Morgan fingerprint density at radius 2 is 1.75 bits per heavy atom. The van der Waals surface area contributed by atoms with Crippen LogP contribution in [0.25, 0.3) is 0 Å². The molecule has 0 heterocycles. The van der Waals surface area contributed by atoms with Crippen molar-refractivity contribution < 1.29 is 14.0 Å². The Morgan fingerprint density at radius 1 is 1.15 bits per heavy atom. The Kier molecular flexibility index (Phi) is 7.93. The highest BCUT2D eigenvalue weighted by atomic mass is 31.1. The smallest absolute Gasteiger partial charge is 0.190 e. The molecule has 0 saturated carbocycles. The number of hydrogen-bond donors (Lipinski definition) is 1. The van der Waals surface area contributed by atoms with Crippen molar-refractivity contribution in [2.24, 2.45) is 0 Å². The molecule has 0 bridgehead atoms. The van der Waals surface area contributed by atoms with Crippen LogP contribution in [0.4, 0.5) is 0 Å². The summed E-state index contributed by atoms with van der Waals surface area (Å²) in [6.07, 6.45) is 0.348. The van der Waals surface area contributed by atoms with Gasteiger partial charge in [-0.15, -0.1) is 0 Å². The lowest BCUT2D eigenvalue weighted by atomic mass is 10.1. The fourth-order valence-corrected chi connectivity index (χ4v) is 2.72. The second kappa shape index (κ2) is 9.19. The molecule has 0 spiro atoms. The number of ether oxygens (including phenoxy) is 2. The van der Waals surface area contributed by atoms with E-state index >= 15 is 0 Å². The average molecular weight is 297 g/mol. The first-order valence-corrected chi connectivity index (χ1v) is 7.94. The summed E-state index contributed by atoms with van der Waals surface area (Å²) in [7, 11) is -0.0587. The highest BCUT2D eigenvalue weighted by Crippen LogP contribution is 2.38. The maximum absolute atomic E-state index is 12.0. The summed E-state index contributed by atoms with van der Waals surface area (Å²) in [6, 6.07) is 9.68. The Hall–Kier alpha value is -0.800. The van der Waals surface area contributed by atoms with Crippen LogP contribution in [0.2, 0.25) is 0 Å². The van der Waals surface area contributed by atoms with Gasteiger partial charge in [0.15, 0.2) is 20.0 Å². The van der Waals surface area contributed by atoms with Gasteiger partial charge in [-0.1, -0.05) is 37.3 Å². The summed E-state index contributed by atoms with van der Waals surface area (Å²) in [4.78, 5) is 0. The van der Waals surface area contributed by atoms with Crippen LogP contribution in [0.15, 0.2) is 30.3 Å². The van der Waals surface area contributed by atoms with E-state index in [1.807, 2.05) is 44.2 Å². The van der Waals surface area contributed by atoms with Gasteiger partial charge in [-0.05, 0) is 32.4 Å². The van der Waals surface area contributed by atoms with Crippen molar-refractivity contribution in [3.8, 4) is 0 Å². The maximum atomic E-state index is 12.0. The Labute approximate surface area is 123 Å². The van der Waals surface area contributed by atoms with Crippen molar-refractivity contribution in [3.63, 3.8) is 0 Å². The highest BCUT2D eigenvalue weighted by molar-refractivity contribution is 7.25. The largest absolute Gasteiger partial charge is 0.350 e. The number of nitrogens with one attached hydrogen (secondary N) is 1. The van der Waals surface area contributed by atoms with E-state index in [0.29, 0.717) is 13.2 Å². The Morgan fingerprint density at radius 3 is 2.20 bits per heavy atom. The molecule has 0 amide bonds. The molecule has 20 heavy (non-hydrogen) atoms. The Bertz CT molecular complexity index is 382. The zero-order valence-corrected chi connectivity index (χ0v) is 13.4. The van der Waals surface area contributed by atoms with Crippen molar-refractivity contribution in [2.45, 2.75) is 38.8 Å². The van der Waals surface area contributed by atoms with Crippen LogP contribution in [-0.2, 0) is 19.3 Å². The predicted octanol–water partition coefficient (Wildman–Crippen LogP) is 3.53. The number of benzene rings is 1. The number of rotatable bonds is 10. The monoisotopic (exact) mass is 297 g/mol. The standard InChI is InChI=1S/C15H24NO3P/c1-4-12-16-15(20-17,13-10-8-7-9-11-13)14(18-5-2)19-6-3/h7-11,14,16H,4-6,12H2,1-3H3. The molecule has 1 aromatic carbocycles. The minimum absolute atomic E-state index is 0.0587. The minimum Gasteiger partial charge on any atom is -0.350 e. The van der Waals surface area contributed by atoms with Gasteiger partial charge < -0.3 is 9.47 Å². The van der Waals surface area contributed by atoms with Gasteiger partial charge in [-0.25, -0.2) is 0 Å². The van der Waals surface area contributed by atoms with Gasteiger partial charge in [-0.2, -0.15) is 0 Å². The van der Waals surface area contributed by atoms with Crippen LogP contribution in [0.5, 0.6) is 0 Å². The summed E-state index contributed by atoms with van der Waals surface area (Å²) in [5.74, 6) is 0. The van der Waals surface area contributed by atoms with Gasteiger partial charge >= 0.3 is 0 Å². The topological polar surface area (TPSA) is 47.6 Å². The molecule has 0 radical (unpaired) electrons.